The van der Waals surface area contributed by atoms with Gasteiger partial charge in [-0.25, -0.2) is 4.98 Å². The summed E-state index contributed by atoms with van der Waals surface area (Å²) in [6.45, 7) is 6.19. The van der Waals surface area contributed by atoms with Crippen molar-refractivity contribution in [2.75, 3.05) is 0 Å². The Morgan fingerprint density at radius 3 is 2.71 bits per heavy atom. The van der Waals surface area contributed by atoms with Gasteiger partial charge in [-0.1, -0.05) is 13.3 Å². The van der Waals surface area contributed by atoms with Crippen molar-refractivity contribution in [3.05, 3.63) is 11.5 Å². The van der Waals surface area contributed by atoms with Crippen molar-refractivity contribution in [1.82, 2.24) is 24.6 Å². The molecule has 2 heterocycles. The molecule has 2 aromatic heterocycles. The van der Waals surface area contributed by atoms with Gasteiger partial charge >= 0.3 is 0 Å². The van der Waals surface area contributed by atoms with Crippen LogP contribution in [0, 0.1) is 0 Å². The molecule has 2 rings (SSSR count). The Bertz CT molecular complexity index is 643. The zero-order valence-electron chi connectivity index (χ0n) is 13.0. The molecule has 0 fully saturated rings. The molecule has 0 aliphatic rings. The van der Waals surface area contributed by atoms with Crippen molar-refractivity contribution in [2.45, 2.75) is 52.1 Å². The van der Waals surface area contributed by atoms with Gasteiger partial charge in [-0.15, -0.1) is 11.6 Å². The molecule has 6 nitrogen and oxygen atoms in total. The molecular weight excluding hydrogens is 290 g/mol. The lowest BCUT2D eigenvalue weighted by Gasteiger charge is -2.11. The number of halogens is 1. The minimum atomic E-state index is -0.0473. The zero-order chi connectivity index (χ0) is 15.6. The van der Waals surface area contributed by atoms with Gasteiger partial charge in [0, 0.05) is 13.1 Å². The van der Waals surface area contributed by atoms with Crippen LogP contribution in [-0.2, 0) is 30.7 Å². The van der Waals surface area contributed by atoms with E-state index in [1.807, 2.05) is 25.5 Å². The van der Waals surface area contributed by atoms with Crippen LogP contribution in [0.2, 0.25) is 0 Å². The fraction of sp³-hybridized carbons (Fsp3) is 0.643. The summed E-state index contributed by atoms with van der Waals surface area (Å²) in [6, 6.07) is 0.109. The Morgan fingerprint density at radius 1 is 1.43 bits per heavy atom. The van der Waals surface area contributed by atoms with Crippen molar-refractivity contribution in [3.63, 3.8) is 0 Å². The summed E-state index contributed by atoms with van der Waals surface area (Å²) < 4.78 is 3.64. The van der Waals surface area contributed by atoms with E-state index < -0.39 is 0 Å². The fourth-order valence-electron chi connectivity index (χ4n) is 2.47. The lowest BCUT2D eigenvalue weighted by Crippen LogP contribution is -2.33. The molecule has 0 aliphatic carbocycles. The van der Waals surface area contributed by atoms with E-state index >= 15 is 0 Å². The number of carbonyl (C=O) groups excluding carboxylic acids is 1. The highest BCUT2D eigenvalue weighted by Crippen LogP contribution is 2.21. The number of nitrogens with zero attached hydrogens (tertiary/aromatic N) is 4. The number of aromatic nitrogens is 4. The van der Waals surface area contributed by atoms with Crippen molar-refractivity contribution in [1.29, 1.82) is 0 Å². The monoisotopic (exact) mass is 311 g/mol. The average Bonchev–Trinajstić information content (AvgIpc) is 2.89. The molecule has 0 bridgehead atoms. The van der Waals surface area contributed by atoms with E-state index in [1.165, 1.54) is 0 Å². The molecule has 1 N–H and O–H groups in total. The van der Waals surface area contributed by atoms with E-state index in [0.717, 1.165) is 29.7 Å². The number of carbonyl (C=O) groups is 1. The van der Waals surface area contributed by atoms with Gasteiger partial charge in [0.05, 0.1) is 11.6 Å². The zero-order valence-corrected chi connectivity index (χ0v) is 13.7. The van der Waals surface area contributed by atoms with Crippen molar-refractivity contribution >= 4 is 28.7 Å². The van der Waals surface area contributed by atoms with Crippen LogP contribution in [0.4, 0.5) is 0 Å². The molecule has 0 radical (unpaired) electrons. The molecule has 0 aromatic carbocycles. The lowest BCUT2D eigenvalue weighted by atomic mass is 10.2. The Morgan fingerprint density at radius 2 is 2.14 bits per heavy atom. The summed E-state index contributed by atoms with van der Waals surface area (Å²) in [5.41, 5.74) is 2.67. The summed E-state index contributed by atoms with van der Waals surface area (Å²) >= 11 is 5.99. The number of fused-ring (bicyclic) bond motifs is 1. The van der Waals surface area contributed by atoms with Crippen LogP contribution in [-0.4, -0.2) is 31.3 Å². The number of nitrogens with one attached hydrogen (secondary N) is 1. The van der Waals surface area contributed by atoms with E-state index in [4.69, 9.17) is 11.6 Å². The first-order valence-corrected chi connectivity index (χ1v) is 7.77. The Kier molecular flexibility index (Phi) is 4.88. The second-order valence-electron chi connectivity index (χ2n) is 5.46. The number of amides is 1. The highest BCUT2D eigenvalue weighted by molar-refractivity contribution is 6.16. The number of hydrogen-bond acceptors (Lipinski definition) is 3. The predicted molar refractivity (Wildman–Crippen MR) is 83.3 cm³/mol. The minimum absolute atomic E-state index is 0.0473. The minimum Gasteiger partial charge on any atom is -0.352 e. The van der Waals surface area contributed by atoms with Crippen molar-refractivity contribution in [2.24, 2.45) is 7.05 Å². The van der Waals surface area contributed by atoms with Crippen LogP contribution in [0.3, 0.4) is 0 Å². The van der Waals surface area contributed by atoms with E-state index in [-0.39, 0.29) is 24.4 Å². The van der Waals surface area contributed by atoms with Crippen LogP contribution in [0.25, 0.3) is 11.2 Å². The number of alkyl halides is 1. The van der Waals surface area contributed by atoms with Gasteiger partial charge in [0.2, 0.25) is 5.91 Å². The van der Waals surface area contributed by atoms with E-state index in [0.29, 0.717) is 5.82 Å². The fourth-order valence-corrected chi connectivity index (χ4v) is 2.68. The normalized spacial score (nSPS) is 11.5. The second kappa shape index (κ2) is 6.47. The average molecular weight is 312 g/mol. The van der Waals surface area contributed by atoms with Crippen LogP contribution in [0.5, 0.6) is 0 Å². The largest absolute Gasteiger partial charge is 0.352 e. The van der Waals surface area contributed by atoms with Gasteiger partial charge < -0.3 is 9.88 Å². The van der Waals surface area contributed by atoms with Gasteiger partial charge in [0.15, 0.2) is 5.65 Å². The maximum Gasteiger partial charge on any atom is 0.240 e. The number of aryl methyl sites for hydroxylation is 2. The maximum atomic E-state index is 12.0. The molecule has 0 spiro atoms. The van der Waals surface area contributed by atoms with Crippen LogP contribution in [0.15, 0.2) is 0 Å². The van der Waals surface area contributed by atoms with Gasteiger partial charge in [-0.2, -0.15) is 5.10 Å². The summed E-state index contributed by atoms with van der Waals surface area (Å²) in [7, 11) is 1.87. The number of imidazole rings is 1. The van der Waals surface area contributed by atoms with E-state index in [9.17, 15) is 4.79 Å². The third-order valence-electron chi connectivity index (χ3n) is 3.23. The van der Waals surface area contributed by atoms with Crippen LogP contribution < -0.4 is 5.32 Å². The first-order chi connectivity index (χ1) is 9.97. The quantitative estimate of drug-likeness (QED) is 0.830. The second-order valence-corrected chi connectivity index (χ2v) is 5.73. The molecule has 116 valence electrons. The smallest absolute Gasteiger partial charge is 0.240 e. The molecule has 2 aromatic rings. The van der Waals surface area contributed by atoms with Gasteiger partial charge in [-0.05, 0) is 20.3 Å². The van der Waals surface area contributed by atoms with Gasteiger partial charge in [0.1, 0.15) is 17.9 Å². The summed E-state index contributed by atoms with van der Waals surface area (Å²) in [5.74, 6) is 0.930. The summed E-state index contributed by atoms with van der Waals surface area (Å²) in [6.07, 6.45) is 1.87. The van der Waals surface area contributed by atoms with Crippen molar-refractivity contribution < 1.29 is 4.79 Å². The predicted octanol–water partition coefficient (Wildman–Crippen LogP) is 1.99. The van der Waals surface area contributed by atoms with Crippen molar-refractivity contribution in [3.8, 4) is 0 Å². The highest BCUT2D eigenvalue weighted by Gasteiger charge is 2.20. The molecule has 0 atom stereocenters. The first-order valence-electron chi connectivity index (χ1n) is 7.24. The third kappa shape index (κ3) is 3.20. The number of rotatable bonds is 6. The first kappa shape index (κ1) is 15.8. The molecule has 1 amide bonds. The molecule has 21 heavy (non-hydrogen) atoms. The summed E-state index contributed by atoms with van der Waals surface area (Å²) in [4.78, 5) is 16.6. The van der Waals surface area contributed by atoms with Crippen LogP contribution >= 0.6 is 11.6 Å². The van der Waals surface area contributed by atoms with E-state index in [1.54, 1.807) is 4.68 Å². The van der Waals surface area contributed by atoms with E-state index in [2.05, 4.69) is 22.3 Å². The molecule has 0 saturated carbocycles. The molecular formula is C14H22ClN5O. The maximum absolute atomic E-state index is 12.0. The standard InChI is InChI=1S/C14H22ClN5O/c1-5-6-10-13-14(19(4)18-10)20(11(7-15)17-13)8-12(21)16-9(2)3/h9H,5-8H2,1-4H3,(H,16,21). The van der Waals surface area contributed by atoms with Gasteiger partial charge in [-0.3, -0.25) is 9.48 Å². The molecule has 0 saturated heterocycles. The molecule has 0 unspecified atom stereocenters. The Balaban J connectivity index is 2.43. The lowest BCUT2D eigenvalue weighted by molar-refractivity contribution is -0.122. The highest BCUT2D eigenvalue weighted by atomic mass is 35.5. The molecule has 0 aliphatic heterocycles. The number of hydrogen-bond donors (Lipinski definition) is 1. The summed E-state index contributed by atoms with van der Waals surface area (Å²) in [5, 5.41) is 7.39. The van der Waals surface area contributed by atoms with Crippen LogP contribution in [0.1, 0.15) is 38.7 Å². The SMILES string of the molecule is CCCc1nn(C)c2c1nc(CCl)n2CC(=O)NC(C)C. The molecule has 7 heteroatoms. The third-order valence-corrected chi connectivity index (χ3v) is 3.47. The Labute approximate surface area is 129 Å². The van der Waals surface area contributed by atoms with Gasteiger partial charge in [0.25, 0.3) is 0 Å². The Hall–Kier alpha value is -1.56. The topological polar surface area (TPSA) is 64.7 Å².